The molecule has 6 nitrogen and oxygen atoms in total. The average Bonchev–Trinajstić information content (AvgIpc) is 2.91. The molecule has 7 heteroatoms. The van der Waals surface area contributed by atoms with Crippen molar-refractivity contribution < 1.29 is 4.79 Å². The third kappa shape index (κ3) is 2.34. The van der Waals surface area contributed by atoms with E-state index in [1.165, 1.54) is 28.4 Å². The van der Waals surface area contributed by atoms with Crippen molar-refractivity contribution in [2.45, 2.75) is 24.8 Å². The van der Waals surface area contributed by atoms with E-state index in [-0.39, 0.29) is 22.6 Å². The van der Waals surface area contributed by atoms with Crippen LogP contribution >= 0.6 is 11.3 Å². The van der Waals surface area contributed by atoms with E-state index in [4.69, 9.17) is 0 Å². The van der Waals surface area contributed by atoms with Crippen molar-refractivity contribution in [1.29, 1.82) is 0 Å². The van der Waals surface area contributed by atoms with E-state index in [0.29, 0.717) is 11.5 Å². The predicted molar refractivity (Wildman–Crippen MR) is 86.6 cm³/mol. The summed E-state index contributed by atoms with van der Waals surface area (Å²) in [5.74, 6) is -0.258. The number of aromatic nitrogens is 2. The van der Waals surface area contributed by atoms with E-state index in [2.05, 4.69) is 9.88 Å². The van der Waals surface area contributed by atoms with Crippen LogP contribution in [0.1, 0.15) is 29.6 Å². The van der Waals surface area contributed by atoms with Gasteiger partial charge in [0.1, 0.15) is 5.56 Å². The van der Waals surface area contributed by atoms with Gasteiger partial charge < -0.3 is 9.80 Å². The summed E-state index contributed by atoms with van der Waals surface area (Å²) >= 11 is 1.38. The van der Waals surface area contributed by atoms with E-state index in [0.717, 1.165) is 12.8 Å². The maximum atomic E-state index is 12.6. The van der Waals surface area contributed by atoms with Gasteiger partial charge in [0, 0.05) is 36.9 Å². The molecular formula is C15H20N4O2S. The first-order valence-corrected chi connectivity index (χ1v) is 8.20. The molecule has 2 heterocycles. The molecule has 1 aliphatic rings. The highest BCUT2D eigenvalue weighted by Gasteiger charge is 2.41. The SMILES string of the molecule is CN(CC1(N(C)C)CCC1)C(=O)c1cnc2sccn2c1=O. The Morgan fingerprint density at radius 1 is 1.41 bits per heavy atom. The highest BCUT2D eigenvalue weighted by atomic mass is 32.1. The minimum atomic E-state index is -0.296. The van der Waals surface area contributed by atoms with Crippen LogP contribution in [-0.4, -0.2) is 58.3 Å². The number of hydrogen-bond acceptors (Lipinski definition) is 5. The van der Waals surface area contributed by atoms with Crippen LogP contribution in [0.15, 0.2) is 22.6 Å². The van der Waals surface area contributed by atoms with Crippen LogP contribution in [0.3, 0.4) is 0 Å². The number of carbonyl (C=O) groups is 1. The molecular weight excluding hydrogens is 300 g/mol. The zero-order valence-corrected chi connectivity index (χ0v) is 13.9. The van der Waals surface area contributed by atoms with Crippen LogP contribution in [0.5, 0.6) is 0 Å². The topological polar surface area (TPSA) is 57.9 Å². The maximum Gasteiger partial charge on any atom is 0.271 e. The Hall–Kier alpha value is -1.73. The molecule has 3 rings (SSSR count). The lowest BCUT2D eigenvalue weighted by molar-refractivity contribution is 0.0251. The fourth-order valence-electron chi connectivity index (χ4n) is 3.02. The van der Waals surface area contributed by atoms with E-state index in [1.54, 1.807) is 23.5 Å². The minimum Gasteiger partial charge on any atom is -0.340 e. The van der Waals surface area contributed by atoms with Crippen LogP contribution in [0.2, 0.25) is 0 Å². The molecule has 0 radical (unpaired) electrons. The molecule has 2 aromatic rings. The molecule has 118 valence electrons. The Balaban J connectivity index is 1.86. The second kappa shape index (κ2) is 5.48. The highest BCUT2D eigenvalue weighted by Crippen LogP contribution is 2.36. The summed E-state index contributed by atoms with van der Waals surface area (Å²) < 4.78 is 1.43. The third-order valence-corrected chi connectivity index (χ3v) is 5.46. The fraction of sp³-hybridized carbons (Fsp3) is 0.533. The predicted octanol–water partition coefficient (Wildman–Crippen LogP) is 1.31. The summed E-state index contributed by atoms with van der Waals surface area (Å²) in [4.78, 5) is 33.7. The van der Waals surface area contributed by atoms with Crippen molar-refractivity contribution in [3.63, 3.8) is 0 Å². The molecule has 1 aliphatic carbocycles. The summed E-state index contributed by atoms with van der Waals surface area (Å²) in [7, 11) is 5.85. The molecule has 1 amide bonds. The minimum absolute atomic E-state index is 0.0422. The summed E-state index contributed by atoms with van der Waals surface area (Å²) in [5, 5.41) is 1.79. The smallest absolute Gasteiger partial charge is 0.271 e. The summed E-state index contributed by atoms with van der Waals surface area (Å²) in [6.07, 6.45) is 6.40. The lowest BCUT2D eigenvalue weighted by Crippen LogP contribution is -2.57. The average molecular weight is 320 g/mol. The molecule has 2 aromatic heterocycles. The van der Waals surface area contributed by atoms with Crippen molar-refractivity contribution in [1.82, 2.24) is 19.2 Å². The molecule has 0 unspecified atom stereocenters. The Labute approximate surface area is 133 Å². The van der Waals surface area contributed by atoms with E-state index in [9.17, 15) is 9.59 Å². The van der Waals surface area contributed by atoms with Crippen molar-refractivity contribution in [2.24, 2.45) is 0 Å². The van der Waals surface area contributed by atoms with Gasteiger partial charge in [0.05, 0.1) is 0 Å². The lowest BCUT2D eigenvalue weighted by atomic mass is 9.75. The molecule has 0 aromatic carbocycles. The van der Waals surface area contributed by atoms with Gasteiger partial charge in [-0.2, -0.15) is 0 Å². The van der Waals surface area contributed by atoms with Gasteiger partial charge in [-0.25, -0.2) is 4.98 Å². The summed E-state index contributed by atoms with van der Waals surface area (Å²) in [6, 6.07) is 0. The van der Waals surface area contributed by atoms with Gasteiger partial charge in [-0.05, 0) is 33.4 Å². The van der Waals surface area contributed by atoms with Gasteiger partial charge in [-0.1, -0.05) is 0 Å². The summed E-state index contributed by atoms with van der Waals surface area (Å²) in [6.45, 7) is 0.630. The number of amides is 1. The zero-order valence-electron chi connectivity index (χ0n) is 13.1. The third-order valence-electron chi connectivity index (χ3n) is 4.68. The number of carbonyl (C=O) groups excluding carboxylic acids is 1. The van der Waals surface area contributed by atoms with Gasteiger partial charge in [0.25, 0.3) is 11.5 Å². The van der Waals surface area contributed by atoms with Crippen molar-refractivity contribution >= 4 is 22.2 Å². The van der Waals surface area contributed by atoms with Gasteiger partial charge in [0.15, 0.2) is 4.96 Å². The van der Waals surface area contributed by atoms with Crippen LogP contribution in [0.4, 0.5) is 0 Å². The summed E-state index contributed by atoms with van der Waals surface area (Å²) in [5.41, 5.74) is -0.122. The molecule has 0 N–H and O–H groups in total. The second-order valence-electron chi connectivity index (χ2n) is 6.17. The molecule has 0 bridgehead atoms. The molecule has 1 saturated carbocycles. The number of fused-ring (bicyclic) bond motifs is 1. The highest BCUT2D eigenvalue weighted by molar-refractivity contribution is 7.15. The number of likely N-dealkylation sites (N-methyl/N-ethyl adjacent to an activating group) is 2. The monoisotopic (exact) mass is 320 g/mol. The van der Waals surface area contributed by atoms with E-state index < -0.39 is 0 Å². The zero-order chi connectivity index (χ0) is 15.9. The van der Waals surface area contributed by atoms with Crippen LogP contribution in [0.25, 0.3) is 4.96 Å². The maximum absolute atomic E-state index is 12.6. The molecule has 22 heavy (non-hydrogen) atoms. The normalized spacial score (nSPS) is 16.7. The van der Waals surface area contributed by atoms with Crippen molar-refractivity contribution in [2.75, 3.05) is 27.7 Å². The van der Waals surface area contributed by atoms with Crippen molar-refractivity contribution in [3.8, 4) is 0 Å². The quantitative estimate of drug-likeness (QED) is 0.852. The number of nitrogens with zero attached hydrogens (tertiary/aromatic N) is 4. The van der Waals surface area contributed by atoms with Crippen LogP contribution in [0, 0.1) is 0 Å². The largest absolute Gasteiger partial charge is 0.340 e. The van der Waals surface area contributed by atoms with Crippen LogP contribution < -0.4 is 5.56 Å². The molecule has 0 atom stereocenters. The number of rotatable bonds is 4. The first-order valence-electron chi connectivity index (χ1n) is 7.32. The van der Waals surface area contributed by atoms with Gasteiger partial charge >= 0.3 is 0 Å². The second-order valence-corrected chi connectivity index (χ2v) is 7.04. The Bertz CT molecular complexity index is 760. The molecule has 0 spiro atoms. The van der Waals surface area contributed by atoms with Crippen molar-refractivity contribution in [3.05, 3.63) is 33.7 Å². The number of thiazole rings is 1. The number of hydrogen-bond donors (Lipinski definition) is 0. The van der Waals surface area contributed by atoms with Crippen LogP contribution in [-0.2, 0) is 0 Å². The molecule has 1 fully saturated rings. The molecule has 0 saturated heterocycles. The standard InChI is InChI=1S/C15H20N4O2S/c1-17(2)15(5-4-6-15)10-18(3)12(20)11-9-16-14-19(13(11)21)7-8-22-14/h7-9H,4-6,10H2,1-3H3. The Kier molecular flexibility index (Phi) is 3.78. The Morgan fingerprint density at radius 2 is 2.14 bits per heavy atom. The van der Waals surface area contributed by atoms with Gasteiger partial charge in [0.2, 0.25) is 0 Å². The lowest BCUT2D eigenvalue weighted by Gasteiger charge is -2.49. The van der Waals surface area contributed by atoms with E-state index >= 15 is 0 Å². The van der Waals surface area contributed by atoms with E-state index in [1.807, 2.05) is 14.1 Å². The van der Waals surface area contributed by atoms with Gasteiger partial charge in [-0.15, -0.1) is 11.3 Å². The van der Waals surface area contributed by atoms with Gasteiger partial charge in [-0.3, -0.25) is 14.0 Å². The first kappa shape index (κ1) is 15.2. The Morgan fingerprint density at radius 3 is 2.73 bits per heavy atom. The molecule has 0 aliphatic heterocycles. The first-order chi connectivity index (χ1) is 10.4. The fourth-order valence-corrected chi connectivity index (χ4v) is 3.70.